The Morgan fingerprint density at radius 2 is 0.720 bits per heavy atom. The average Bonchev–Trinajstić information content (AvgIpc) is 3.20. The summed E-state index contributed by atoms with van der Waals surface area (Å²) in [5.74, 6) is 0. The molecule has 0 saturated heterocycles. The van der Waals surface area contributed by atoms with E-state index in [-0.39, 0.29) is 0 Å². The Hall–Kier alpha value is -5.89. The summed E-state index contributed by atoms with van der Waals surface area (Å²) in [5.41, 5.74) is 9.69. The van der Waals surface area contributed by atoms with Crippen molar-refractivity contribution in [1.29, 1.82) is 0 Å². The maximum Gasteiger partial charge on any atom is 0.0735 e. The molecule has 0 N–H and O–H groups in total. The van der Waals surface area contributed by atoms with E-state index < -0.39 is 5.41 Å². The van der Waals surface area contributed by atoms with Crippen molar-refractivity contribution in [3.05, 3.63) is 216 Å². The van der Waals surface area contributed by atoms with Gasteiger partial charge in [-0.25, -0.2) is 0 Å². The summed E-state index contributed by atoms with van der Waals surface area (Å²) >= 11 is 1.90. The maximum atomic E-state index is 2.40. The smallest absolute Gasteiger partial charge is 0.0735 e. The first kappa shape index (κ1) is 29.1. The molecular formula is C49H32S. The molecule has 1 aliphatic heterocycles. The van der Waals surface area contributed by atoms with Crippen molar-refractivity contribution in [2.45, 2.75) is 15.2 Å². The van der Waals surface area contributed by atoms with E-state index in [4.69, 9.17) is 0 Å². The lowest BCUT2D eigenvalue weighted by Gasteiger charge is -2.43. The normalized spacial score (nSPS) is 13.3. The van der Waals surface area contributed by atoms with E-state index in [9.17, 15) is 0 Å². The van der Waals surface area contributed by atoms with E-state index in [1.807, 2.05) is 11.8 Å². The summed E-state index contributed by atoms with van der Waals surface area (Å²) in [5, 5.41) is 7.65. The zero-order valence-corrected chi connectivity index (χ0v) is 28.2. The van der Waals surface area contributed by atoms with E-state index in [2.05, 4.69) is 194 Å². The van der Waals surface area contributed by atoms with Gasteiger partial charge in [-0.1, -0.05) is 194 Å². The second-order valence-corrected chi connectivity index (χ2v) is 14.3. The summed E-state index contributed by atoms with van der Waals surface area (Å²) < 4.78 is 0. The van der Waals surface area contributed by atoms with Crippen molar-refractivity contribution in [2.75, 3.05) is 0 Å². The molecule has 0 bridgehead atoms. The highest BCUT2D eigenvalue weighted by Gasteiger charge is 2.46. The first-order valence-electron chi connectivity index (χ1n) is 17.3. The van der Waals surface area contributed by atoms with Gasteiger partial charge >= 0.3 is 0 Å². The van der Waals surface area contributed by atoms with Gasteiger partial charge in [0.2, 0.25) is 0 Å². The number of fused-ring (bicyclic) bond motifs is 7. The predicted molar refractivity (Wildman–Crippen MR) is 212 cm³/mol. The Morgan fingerprint density at radius 1 is 0.300 bits per heavy atom. The molecule has 0 unspecified atom stereocenters. The molecular weight excluding hydrogens is 621 g/mol. The highest BCUT2D eigenvalue weighted by atomic mass is 32.2. The van der Waals surface area contributed by atoms with Crippen LogP contribution in [-0.4, -0.2) is 0 Å². The minimum atomic E-state index is -0.545. The fourth-order valence-electron chi connectivity index (χ4n) is 8.44. The largest absolute Gasteiger partial charge is 0.0894 e. The van der Waals surface area contributed by atoms with Gasteiger partial charge in [0, 0.05) is 9.79 Å². The van der Waals surface area contributed by atoms with Crippen molar-refractivity contribution in [2.24, 2.45) is 0 Å². The molecule has 0 saturated carbocycles. The minimum absolute atomic E-state index is 0.545. The predicted octanol–water partition coefficient (Wildman–Crippen LogP) is 13.3. The second kappa shape index (κ2) is 11.6. The molecule has 0 spiro atoms. The Labute approximate surface area is 296 Å². The quantitative estimate of drug-likeness (QED) is 0.182. The van der Waals surface area contributed by atoms with Gasteiger partial charge in [-0.05, 0) is 89.0 Å². The van der Waals surface area contributed by atoms with Crippen LogP contribution in [0.2, 0.25) is 0 Å². The monoisotopic (exact) mass is 652 g/mol. The van der Waals surface area contributed by atoms with Gasteiger partial charge in [-0.2, -0.15) is 0 Å². The third kappa shape index (κ3) is 4.34. The first-order chi connectivity index (χ1) is 24.8. The first-order valence-corrected chi connectivity index (χ1v) is 18.1. The van der Waals surface area contributed by atoms with Crippen molar-refractivity contribution in [3.8, 4) is 22.3 Å². The Morgan fingerprint density at radius 3 is 1.26 bits per heavy atom. The summed E-state index contributed by atoms with van der Waals surface area (Å²) in [4.78, 5) is 2.61. The molecule has 9 aromatic rings. The number of rotatable bonds is 4. The molecule has 0 aromatic heterocycles. The van der Waals surface area contributed by atoms with Gasteiger partial charge < -0.3 is 0 Å². The zero-order chi connectivity index (χ0) is 33.1. The average molecular weight is 653 g/mol. The SMILES string of the molecule is c1ccc(-c2ccc(-c3ccc(C4(c5ccccc5)c5c(ccc6ccccc56)Sc5ccc6ccccc6c54)cc3)c3ccccc23)cc1. The third-order valence-electron chi connectivity index (χ3n) is 10.6. The van der Waals surface area contributed by atoms with Crippen LogP contribution < -0.4 is 0 Å². The zero-order valence-electron chi connectivity index (χ0n) is 27.4. The molecule has 1 aliphatic rings. The van der Waals surface area contributed by atoms with Crippen LogP contribution in [0.1, 0.15) is 22.3 Å². The molecule has 0 radical (unpaired) electrons. The molecule has 234 valence electrons. The highest BCUT2D eigenvalue weighted by Crippen LogP contribution is 2.59. The molecule has 1 heteroatoms. The minimum Gasteiger partial charge on any atom is -0.0894 e. The molecule has 0 nitrogen and oxygen atoms in total. The van der Waals surface area contributed by atoms with Crippen LogP contribution in [0.3, 0.4) is 0 Å². The summed E-state index contributed by atoms with van der Waals surface area (Å²) in [6.45, 7) is 0. The van der Waals surface area contributed by atoms with E-state index in [1.165, 1.54) is 86.6 Å². The van der Waals surface area contributed by atoms with Gasteiger partial charge in [-0.15, -0.1) is 0 Å². The van der Waals surface area contributed by atoms with Crippen LogP contribution in [0.4, 0.5) is 0 Å². The Balaban J connectivity index is 1.27. The number of benzene rings is 9. The number of hydrogen-bond donors (Lipinski definition) is 0. The third-order valence-corrected chi connectivity index (χ3v) is 11.7. The van der Waals surface area contributed by atoms with Crippen LogP contribution in [0.5, 0.6) is 0 Å². The molecule has 0 amide bonds. The molecule has 50 heavy (non-hydrogen) atoms. The fourth-order valence-corrected chi connectivity index (χ4v) is 9.68. The van der Waals surface area contributed by atoms with E-state index >= 15 is 0 Å². The molecule has 1 heterocycles. The fraction of sp³-hybridized carbons (Fsp3) is 0.0204. The molecule has 9 aromatic carbocycles. The molecule has 10 rings (SSSR count). The molecule has 0 fully saturated rings. The topological polar surface area (TPSA) is 0 Å². The second-order valence-electron chi connectivity index (χ2n) is 13.2. The lowest BCUT2D eigenvalue weighted by atomic mass is 9.62. The maximum absolute atomic E-state index is 2.40. The summed E-state index contributed by atoms with van der Waals surface area (Å²) in [7, 11) is 0. The van der Waals surface area contributed by atoms with E-state index in [1.54, 1.807) is 0 Å². The van der Waals surface area contributed by atoms with Gasteiger partial charge in [-0.3, -0.25) is 0 Å². The van der Waals surface area contributed by atoms with Crippen molar-refractivity contribution >= 4 is 44.1 Å². The van der Waals surface area contributed by atoms with Crippen molar-refractivity contribution in [3.63, 3.8) is 0 Å². The van der Waals surface area contributed by atoms with Crippen LogP contribution >= 0.6 is 11.8 Å². The van der Waals surface area contributed by atoms with E-state index in [0.717, 1.165) is 0 Å². The van der Waals surface area contributed by atoms with Crippen LogP contribution in [-0.2, 0) is 5.41 Å². The highest BCUT2D eigenvalue weighted by molar-refractivity contribution is 7.99. The van der Waals surface area contributed by atoms with Crippen molar-refractivity contribution in [1.82, 2.24) is 0 Å². The Bertz CT molecular complexity index is 2620. The molecule has 0 atom stereocenters. The van der Waals surface area contributed by atoms with E-state index in [0.29, 0.717) is 0 Å². The van der Waals surface area contributed by atoms with Crippen LogP contribution in [0.25, 0.3) is 54.6 Å². The standard InChI is InChI=1S/C49H32S/c1-3-13-33(14-4-1)39-29-30-40(44-22-12-11-21-43(39)44)36-23-27-38(28-24-36)49(37-17-5-2-6-18-37)47-41-19-9-7-15-34(41)25-31-45(47)50-46-32-26-35-16-8-10-20-42(35)48(46)49/h1-32H. The van der Waals surface area contributed by atoms with Gasteiger partial charge in [0.25, 0.3) is 0 Å². The summed E-state index contributed by atoms with van der Waals surface area (Å²) in [6, 6.07) is 71.9. The number of hydrogen-bond acceptors (Lipinski definition) is 1. The van der Waals surface area contributed by atoms with Gasteiger partial charge in [0.05, 0.1) is 5.41 Å². The van der Waals surface area contributed by atoms with Gasteiger partial charge in [0.15, 0.2) is 0 Å². The van der Waals surface area contributed by atoms with Crippen molar-refractivity contribution < 1.29 is 0 Å². The van der Waals surface area contributed by atoms with Gasteiger partial charge in [0.1, 0.15) is 0 Å². The molecule has 0 aliphatic carbocycles. The summed E-state index contributed by atoms with van der Waals surface area (Å²) in [6.07, 6.45) is 0. The lowest BCUT2D eigenvalue weighted by Crippen LogP contribution is -2.34. The van der Waals surface area contributed by atoms with Crippen LogP contribution in [0, 0.1) is 0 Å². The lowest BCUT2D eigenvalue weighted by molar-refractivity contribution is 0.718. The van der Waals surface area contributed by atoms with Crippen LogP contribution in [0.15, 0.2) is 204 Å². The Kier molecular flexibility index (Phi) is 6.75.